The topological polar surface area (TPSA) is 43.6 Å². The third-order valence-corrected chi connectivity index (χ3v) is 4.40. The van der Waals surface area contributed by atoms with E-state index in [2.05, 4.69) is 24.4 Å². The van der Waals surface area contributed by atoms with E-state index in [-0.39, 0.29) is 5.60 Å². The number of methoxy groups -OCH3 is 1. The van der Waals surface area contributed by atoms with Gasteiger partial charge in [0.25, 0.3) is 0 Å². The largest absolute Gasteiger partial charge is 0.464 e. The molecule has 4 heteroatoms. The highest BCUT2D eigenvalue weighted by Gasteiger charge is 2.37. The number of ether oxygens (including phenoxy) is 2. The standard InChI is InChI=1S/C15H23NO3/c1-11-7-13(11)14-4-3-12(19-14)8-16-9-15(17-2)5-6-18-10-15/h3-4,11,13,16H,5-10H2,1-2H3. The van der Waals surface area contributed by atoms with Gasteiger partial charge in [0.15, 0.2) is 0 Å². The first-order chi connectivity index (χ1) is 9.22. The average Bonchev–Trinajstić information content (AvgIpc) is 2.87. The van der Waals surface area contributed by atoms with Crippen molar-refractivity contribution in [2.24, 2.45) is 5.92 Å². The van der Waals surface area contributed by atoms with Gasteiger partial charge < -0.3 is 19.2 Å². The molecule has 1 aliphatic heterocycles. The van der Waals surface area contributed by atoms with Crippen LogP contribution in [0.15, 0.2) is 16.5 Å². The molecule has 3 rings (SSSR count). The summed E-state index contributed by atoms with van der Waals surface area (Å²) < 4.78 is 16.9. The maximum Gasteiger partial charge on any atom is 0.117 e. The van der Waals surface area contributed by atoms with Crippen molar-refractivity contribution in [3.8, 4) is 0 Å². The SMILES string of the molecule is COC1(CNCc2ccc(C3CC3C)o2)CCOC1. The van der Waals surface area contributed by atoms with Crippen LogP contribution < -0.4 is 5.32 Å². The van der Waals surface area contributed by atoms with Crippen LogP contribution >= 0.6 is 0 Å². The zero-order chi connectivity index (χ0) is 13.3. The van der Waals surface area contributed by atoms with Gasteiger partial charge in [-0.1, -0.05) is 6.92 Å². The highest BCUT2D eigenvalue weighted by Crippen LogP contribution is 2.47. The van der Waals surface area contributed by atoms with Gasteiger partial charge in [0, 0.05) is 32.6 Å². The van der Waals surface area contributed by atoms with E-state index in [1.165, 1.54) is 6.42 Å². The second kappa shape index (κ2) is 5.27. The second-order valence-corrected chi connectivity index (χ2v) is 5.92. The van der Waals surface area contributed by atoms with Gasteiger partial charge >= 0.3 is 0 Å². The molecule has 2 aliphatic rings. The van der Waals surface area contributed by atoms with Gasteiger partial charge in [-0.15, -0.1) is 0 Å². The molecular formula is C15H23NO3. The van der Waals surface area contributed by atoms with Crippen LogP contribution in [0.25, 0.3) is 0 Å². The van der Waals surface area contributed by atoms with Crippen LogP contribution in [0.1, 0.15) is 37.2 Å². The van der Waals surface area contributed by atoms with Crippen molar-refractivity contribution in [2.75, 3.05) is 26.9 Å². The van der Waals surface area contributed by atoms with Crippen molar-refractivity contribution < 1.29 is 13.9 Å². The Labute approximate surface area is 114 Å². The predicted molar refractivity (Wildman–Crippen MR) is 72.1 cm³/mol. The van der Waals surface area contributed by atoms with Gasteiger partial charge in [0.1, 0.15) is 17.1 Å². The van der Waals surface area contributed by atoms with Crippen molar-refractivity contribution in [1.29, 1.82) is 0 Å². The Balaban J connectivity index is 1.48. The zero-order valence-corrected chi connectivity index (χ0v) is 11.8. The van der Waals surface area contributed by atoms with Crippen LogP contribution in [-0.2, 0) is 16.0 Å². The van der Waals surface area contributed by atoms with Crippen molar-refractivity contribution in [3.05, 3.63) is 23.7 Å². The van der Waals surface area contributed by atoms with E-state index in [4.69, 9.17) is 13.9 Å². The molecule has 4 nitrogen and oxygen atoms in total. The van der Waals surface area contributed by atoms with Crippen molar-refractivity contribution in [3.63, 3.8) is 0 Å². The molecule has 0 aromatic carbocycles. The minimum absolute atomic E-state index is 0.152. The Kier molecular flexibility index (Phi) is 3.65. The molecule has 2 fully saturated rings. The molecule has 0 bridgehead atoms. The average molecular weight is 265 g/mol. The summed E-state index contributed by atoms with van der Waals surface area (Å²) in [5.41, 5.74) is -0.152. The van der Waals surface area contributed by atoms with E-state index in [0.29, 0.717) is 12.5 Å². The number of rotatable bonds is 6. The van der Waals surface area contributed by atoms with Crippen molar-refractivity contribution in [1.82, 2.24) is 5.32 Å². The third-order valence-electron chi connectivity index (χ3n) is 4.40. The minimum atomic E-state index is -0.152. The Bertz CT molecular complexity index is 423. The summed E-state index contributed by atoms with van der Waals surface area (Å²) in [6.07, 6.45) is 2.23. The lowest BCUT2D eigenvalue weighted by molar-refractivity contribution is -0.0161. The van der Waals surface area contributed by atoms with Gasteiger partial charge in [-0.05, 0) is 24.5 Å². The molecule has 3 unspecified atom stereocenters. The summed E-state index contributed by atoms with van der Waals surface area (Å²) in [5.74, 6) is 3.61. The smallest absolute Gasteiger partial charge is 0.117 e. The van der Waals surface area contributed by atoms with E-state index in [9.17, 15) is 0 Å². The number of hydrogen-bond donors (Lipinski definition) is 1. The summed E-state index contributed by atoms with van der Waals surface area (Å²) in [6.45, 7) is 5.30. The molecule has 1 N–H and O–H groups in total. The van der Waals surface area contributed by atoms with Gasteiger partial charge in [-0.2, -0.15) is 0 Å². The van der Waals surface area contributed by atoms with Crippen LogP contribution in [-0.4, -0.2) is 32.5 Å². The van der Waals surface area contributed by atoms with Crippen LogP contribution in [0.4, 0.5) is 0 Å². The maximum absolute atomic E-state index is 5.87. The van der Waals surface area contributed by atoms with Gasteiger partial charge in [-0.3, -0.25) is 0 Å². The highest BCUT2D eigenvalue weighted by molar-refractivity contribution is 5.17. The van der Waals surface area contributed by atoms with Crippen LogP contribution in [0, 0.1) is 5.92 Å². The Morgan fingerprint density at radius 2 is 2.32 bits per heavy atom. The summed E-state index contributed by atoms with van der Waals surface area (Å²) in [7, 11) is 1.76. The first-order valence-electron chi connectivity index (χ1n) is 7.15. The molecule has 0 amide bonds. The summed E-state index contributed by atoms with van der Waals surface area (Å²) in [6, 6.07) is 4.20. The molecule has 1 aromatic heterocycles. The van der Waals surface area contributed by atoms with Crippen LogP contribution in [0.3, 0.4) is 0 Å². The molecule has 106 valence electrons. The van der Waals surface area contributed by atoms with E-state index in [1.54, 1.807) is 7.11 Å². The molecule has 2 heterocycles. The molecule has 1 aromatic rings. The second-order valence-electron chi connectivity index (χ2n) is 5.92. The molecule has 19 heavy (non-hydrogen) atoms. The number of furan rings is 1. The Hall–Kier alpha value is -0.840. The first kappa shape index (κ1) is 13.2. The lowest BCUT2D eigenvalue weighted by Crippen LogP contribution is -2.42. The van der Waals surface area contributed by atoms with E-state index in [0.717, 1.165) is 43.6 Å². The lowest BCUT2D eigenvalue weighted by Gasteiger charge is -2.25. The van der Waals surface area contributed by atoms with E-state index in [1.807, 2.05) is 0 Å². The Morgan fingerprint density at radius 1 is 1.47 bits per heavy atom. The van der Waals surface area contributed by atoms with Crippen LogP contribution in [0.5, 0.6) is 0 Å². The zero-order valence-electron chi connectivity index (χ0n) is 11.8. The van der Waals surface area contributed by atoms with E-state index >= 15 is 0 Å². The normalized spacial score (nSPS) is 33.8. The maximum atomic E-state index is 5.87. The van der Waals surface area contributed by atoms with Gasteiger partial charge in [0.2, 0.25) is 0 Å². The molecule has 0 spiro atoms. The molecular weight excluding hydrogens is 242 g/mol. The predicted octanol–water partition coefficient (Wildman–Crippen LogP) is 2.30. The quantitative estimate of drug-likeness (QED) is 0.857. The summed E-state index contributed by atoms with van der Waals surface area (Å²) in [4.78, 5) is 0. The fourth-order valence-corrected chi connectivity index (χ4v) is 2.78. The fraction of sp³-hybridized carbons (Fsp3) is 0.733. The molecule has 1 saturated carbocycles. The fourth-order valence-electron chi connectivity index (χ4n) is 2.78. The lowest BCUT2D eigenvalue weighted by atomic mass is 10.0. The van der Waals surface area contributed by atoms with Gasteiger partial charge in [0.05, 0.1) is 13.2 Å². The Morgan fingerprint density at radius 3 is 2.95 bits per heavy atom. The van der Waals surface area contributed by atoms with Crippen LogP contribution in [0.2, 0.25) is 0 Å². The summed E-state index contributed by atoms with van der Waals surface area (Å²) in [5, 5.41) is 3.42. The third kappa shape index (κ3) is 2.86. The summed E-state index contributed by atoms with van der Waals surface area (Å²) >= 11 is 0. The van der Waals surface area contributed by atoms with E-state index < -0.39 is 0 Å². The molecule has 1 saturated heterocycles. The first-order valence-corrected chi connectivity index (χ1v) is 7.15. The minimum Gasteiger partial charge on any atom is -0.464 e. The van der Waals surface area contributed by atoms with Crippen molar-refractivity contribution >= 4 is 0 Å². The molecule has 1 aliphatic carbocycles. The molecule has 3 atom stereocenters. The monoisotopic (exact) mass is 265 g/mol. The molecule has 0 radical (unpaired) electrons. The highest BCUT2D eigenvalue weighted by atomic mass is 16.5. The van der Waals surface area contributed by atoms with Gasteiger partial charge in [-0.25, -0.2) is 0 Å². The number of nitrogens with one attached hydrogen (secondary N) is 1. The van der Waals surface area contributed by atoms with Crippen molar-refractivity contribution in [2.45, 2.75) is 37.8 Å². The number of hydrogen-bond acceptors (Lipinski definition) is 4.